The fourth-order valence-electron chi connectivity index (χ4n) is 4.40. The summed E-state index contributed by atoms with van der Waals surface area (Å²) in [7, 11) is 0. The standard InChI is InChI=1S/C33H41N5O6/c34-16-19-37(30(39)10-5-21-43-32(41)28-7-2-1-3-8-28)24-26-12-14-27(15-13-26)25-38(20-17-35)31(40)11-6-22-44-33(42)29-9-4-18-36-23-29/h1-4,7-9,12-15,18,23H,5-6,10-11,16-17,19-22,24-25,34-35H2. The van der Waals surface area contributed by atoms with Crippen molar-refractivity contribution >= 4 is 23.8 Å². The van der Waals surface area contributed by atoms with Crippen LogP contribution in [0.15, 0.2) is 79.1 Å². The van der Waals surface area contributed by atoms with Crippen LogP contribution >= 0.6 is 0 Å². The maximum atomic E-state index is 12.9. The molecule has 0 unspecified atom stereocenters. The minimum absolute atomic E-state index is 0.0684. The van der Waals surface area contributed by atoms with E-state index >= 15 is 0 Å². The predicted molar refractivity (Wildman–Crippen MR) is 165 cm³/mol. The monoisotopic (exact) mass is 603 g/mol. The maximum Gasteiger partial charge on any atom is 0.339 e. The smallest absolute Gasteiger partial charge is 0.339 e. The van der Waals surface area contributed by atoms with Gasteiger partial charge in [-0.15, -0.1) is 0 Å². The minimum atomic E-state index is -0.472. The first-order valence-electron chi connectivity index (χ1n) is 14.7. The Morgan fingerprint density at radius 1 is 0.636 bits per heavy atom. The van der Waals surface area contributed by atoms with Crippen molar-refractivity contribution in [3.8, 4) is 0 Å². The van der Waals surface area contributed by atoms with Crippen LogP contribution in [0.3, 0.4) is 0 Å². The van der Waals surface area contributed by atoms with Gasteiger partial charge < -0.3 is 30.7 Å². The van der Waals surface area contributed by atoms with E-state index in [-0.39, 0.29) is 37.9 Å². The van der Waals surface area contributed by atoms with Gasteiger partial charge in [-0.3, -0.25) is 14.6 Å². The van der Waals surface area contributed by atoms with Gasteiger partial charge in [-0.2, -0.15) is 0 Å². The first-order valence-corrected chi connectivity index (χ1v) is 14.7. The zero-order valence-corrected chi connectivity index (χ0v) is 24.9. The molecule has 11 heteroatoms. The average Bonchev–Trinajstić information content (AvgIpc) is 3.05. The minimum Gasteiger partial charge on any atom is -0.462 e. The zero-order valence-electron chi connectivity index (χ0n) is 24.9. The number of amides is 2. The van der Waals surface area contributed by atoms with E-state index in [1.54, 1.807) is 52.4 Å². The van der Waals surface area contributed by atoms with Crippen LogP contribution in [0.5, 0.6) is 0 Å². The van der Waals surface area contributed by atoms with Crippen molar-refractivity contribution in [2.45, 2.75) is 38.8 Å². The van der Waals surface area contributed by atoms with Crippen molar-refractivity contribution in [1.29, 1.82) is 0 Å². The number of nitrogens with two attached hydrogens (primary N) is 2. The van der Waals surface area contributed by atoms with Crippen molar-refractivity contribution in [1.82, 2.24) is 14.8 Å². The van der Waals surface area contributed by atoms with Crippen molar-refractivity contribution in [2.75, 3.05) is 39.4 Å². The first kappa shape index (κ1) is 33.9. The third kappa shape index (κ3) is 11.6. The lowest BCUT2D eigenvalue weighted by molar-refractivity contribution is -0.132. The van der Waals surface area contributed by atoms with Crippen molar-refractivity contribution in [2.24, 2.45) is 11.5 Å². The van der Waals surface area contributed by atoms with Gasteiger partial charge >= 0.3 is 11.9 Å². The lowest BCUT2D eigenvalue weighted by Crippen LogP contribution is -2.35. The number of hydrogen-bond donors (Lipinski definition) is 2. The van der Waals surface area contributed by atoms with Crippen molar-refractivity contribution in [3.63, 3.8) is 0 Å². The Labute approximate surface area is 258 Å². The Morgan fingerprint density at radius 3 is 1.57 bits per heavy atom. The third-order valence-corrected chi connectivity index (χ3v) is 6.72. The largest absolute Gasteiger partial charge is 0.462 e. The van der Waals surface area contributed by atoms with E-state index in [2.05, 4.69) is 4.98 Å². The molecule has 2 amide bonds. The molecule has 0 saturated heterocycles. The van der Waals surface area contributed by atoms with Gasteiger partial charge in [0.1, 0.15) is 0 Å². The third-order valence-electron chi connectivity index (χ3n) is 6.72. The van der Waals surface area contributed by atoms with Crippen LogP contribution in [0.1, 0.15) is 57.5 Å². The van der Waals surface area contributed by atoms with Gasteiger partial charge in [0.05, 0.1) is 24.3 Å². The number of esters is 2. The highest BCUT2D eigenvalue weighted by molar-refractivity contribution is 5.89. The molecule has 11 nitrogen and oxygen atoms in total. The molecule has 0 saturated carbocycles. The second-order valence-corrected chi connectivity index (χ2v) is 10.1. The highest BCUT2D eigenvalue weighted by Gasteiger charge is 2.16. The molecule has 0 radical (unpaired) electrons. The molecule has 2 aromatic carbocycles. The second-order valence-electron chi connectivity index (χ2n) is 10.1. The average molecular weight is 604 g/mol. The van der Waals surface area contributed by atoms with Crippen molar-refractivity contribution in [3.05, 3.63) is 101 Å². The molecular weight excluding hydrogens is 562 g/mol. The summed E-state index contributed by atoms with van der Waals surface area (Å²) in [6, 6.07) is 19.7. The van der Waals surface area contributed by atoms with Crippen LogP contribution in [-0.2, 0) is 32.2 Å². The molecule has 0 atom stereocenters. The van der Waals surface area contributed by atoms with Crippen LogP contribution in [0, 0.1) is 0 Å². The zero-order chi connectivity index (χ0) is 31.6. The summed E-state index contributed by atoms with van der Waals surface area (Å²) in [5.74, 6) is -1.03. The van der Waals surface area contributed by atoms with Crippen LogP contribution in [-0.4, -0.2) is 77.9 Å². The Hall–Kier alpha value is -4.61. The summed E-state index contributed by atoms with van der Waals surface area (Å²) in [5, 5.41) is 0. The molecule has 3 rings (SSSR count). The number of aromatic nitrogens is 1. The van der Waals surface area contributed by atoms with Gasteiger partial charge in [-0.25, -0.2) is 9.59 Å². The highest BCUT2D eigenvalue weighted by Crippen LogP contribution is 2.13. The molecule has 0 aliphatic rings. The van der Waals surface area contributed by atoms with Gasteiger partial charge in [-0.1, -0.05) is 42.5 Å². The Kier molecular flexibility index (Phi) is 14.5. The quantitative estimate of drug-likeness (QED) is 0.165. The van der Waals surface area contributed by atoms with Gasteiger partial charge in [0, 0.05) is 64.5 Å². The molecule has 0 spiro atoms. The van der Waals surface area contributed by atoms with Crippen LogP contribution < -0.4 is 11.5 Å². The van der Waals surface area contributed by atoms with E-state index in [0.29, 0.717) is 63.2 Å². The molecular formula is C33H41N5O6. The molecule has 0 fully saturated rings. The number of benzene rings is 2. The molecule has 3 aromatic rings. The van der Waals surface area contributed by atoms with E-state index in [4.69, 9.17) is 20.9 Å². The molecule has 4 N–H and O–H groups in total. The maximum absolute atomic E-state index is 12.9. The second kappa shape index (κ2) is 18.8. The number of ether oxygens (including phenoxy) is 2. The van der Waals surface area contributed by atoms with Crippen molar-refractivity contribution < 1.29 is 28.7 Å². The summed E-state index contributed by atoms with van der Waals surface area (Å²) >= 11 is 0. The Balaban J connectivity index is 1.43. The first-order chi connectivity index (χ1) is 21.4. The van der Waals surface area contributed by atoms with E-state index in [1.165, 1.54) is 6.20 Å². The van der Waals surface area contributed by atoms with Crippen LogP contribution in [0.25, 0.3) is 0 Å². The molecule has 1 aromatic heterocycles. The Morgan fingerprint density at radius 2 is 1.11 bits per heavy atom. The lowest BCUT2D eigenvalue weighted by atomic mass is 10.1. The summed E-state index contributed by atoms with van der Waals surface area (Å²) in [6.45, 7) is 2.51. The summed E-state index contributed by atoms with van der Waals surface area (Å²) in [6.07, 6.45) is 4.27. The molecule has 0 bridgehead atoms. The number of pyridine rings is 1. The van der Waals surface area contributed by atoms with E-state index < -0.39 is 11.9 Å². The van der Waals surface area contributed by atoms with Gasteiger partial charge in [0.15, 0.2) is 0 Å². The van der Waals surface area contributed by atoms with Gasteiger partial charge in [-0.05, 0) is 48.2 Å². The van der Waals surface area contributed by atoms with E-state index in [9.17, 15) is 19.2 Å². The van der Waals surface area contributed by atoms with Crippen LogP contribution in [0.4, 0.5) is 0 Å². The Bertz CT molecular complexity index is 1220. The number of hydrogen-bond acceptors (Lipinski definition) is 9. The molecule has 0 aliphatic heterocycles. The van der Waals surface area contributed by atoms with Gasteiger partial charge in [0.25, 0.3) is 0 Å². The summed E-state index contributed by atoms with van der Waals surface area (Å²) in [4.78, 5) is 57.1. The predicted octanol–water partition coefficient (Wildman–Crippen LogP) is 2.93. The van der Waals surface area contributed by atoms with Crippen LogP contribution in [0.2, 0.25) is 0 Å². The van der Waals surface area contributed by atoms with E-state index in [1.807, 2.05) is 30.3 Å². The number of carbonyl (C=O) groups excluding carboxylic acids is 4. The molecule has 1 heterocycles. The number of carbonyl (C=O) groups is 4. The topological polar surface area (TPSA) is 158 Å². The fourth-order valence-corrected chi connectivity index (χ4v) is 4.40. The molecule has 0 aliphatic carbocycles. The fraction of sp³-hybridized carbons (Fsp3) is 0.364. The summed E-state index contributed by atoms with van der Waals surface area (Å²) in [5.41, 5.74) is 14.2. The molecule has 44 heavy (non-hydrogen) atoms. The van der Waals surface area contributed by atoms with E-state index in [0.717, 1.165) is 11.1 Å². The van der Waals surface area contributed by atoms with Gasteiger partial charge in [0.2, 0.25) is 11.8 Å². The normalized spacial score (nSPS) is 10.6. The summed E-state index contributed by atoms with van der Waals surface area (Å²) < 4.78 is 10.5. The number of rotatable bonds is 18. The lowest BCUT2D eigenvalue weighted by Gasteiger charge is -2.24. The highest BCUT2D eigenvalue weighted by atomic mass is 16.5. The molecule has 234 valence electrons. The number of nitrogens with zero attached hydrogens (tertiary/aromatic N) is 3. The SMILES string of the molecule is NCCN(Cc1ccc(CN(CCN)C(=O)CCCOC(=O)c2cccnc2)cc1)C(=O)CCCOC(=O)c1ccccc1.